The fourth-order valence-corrected chi connectivity index (χ4v) is 3.71. The van der Waals surface area contributed by atoms with E-state index in [2.05, 4.69) is 15.3 Å². The maximum absolute atomic E-state index is 13.4. The highest BCUT2D eigenvalue weighted by atomic mass is 35.5. The van der Waals surface area contributed by atoms with E-state index in [-0.39, 0.29) is 5.82 Å². The number of anilines is 2. The number of hydrogen-bond donors (Lipinski definition) is 1. The molecule has 7 heteroatoms. The monoisotopic (exact) mass is 410 g/mol. The third-order valence-corrected chi connectivity index (χ3v) is 5.26. The molecule has 1 N–H and O–H groups in total. The standard InChI is InChI=1S/C22H20ClFN4O/c1-12-13(2)28(17-8-5-15(24)6-9-17)22-20(12)21(25-14(3)26-22)27-16-7-10-19(29-4)18(23)11-16/h5-11H,1-4H3,(H,25,26,27). The number of methoxy groups -OCH3 is 1. The van der Waals surface area contributed by atoms with Crippen LogP contribution in [0.3, 0.4) is 0 Å². The molecule has 0 amide bonds. The van der Waals surface area contributed by atoms with Gasteiger partial charge >= 0.3 is 0 Å². The summed E-state index contributed by atoms with van der Waals surface area (Å²) in [5.74, 6) is 1.65. The van der Waals surface area contributed by atoms with Crippen molar-refractivity contribution in [1.82, 2.24) is 14.5 Å². The molecule has 0 atom stereocenters. The molecule has 2 aromatic carbocycles. The number of benzene rings is 2. The average Bonchev–Trinajstić information content (AvgIpc) is 2.93. The Balaban J connectivity index is 1.89. The summed E-state index contributed by atoms with van der Waals surface area (Å²) in [5.41, 5.74) is 4.47. The van der Waals surface area contributed by atoms with E-state index < -0.39 is 0 Å². The number of aromatic nitrogens is 3. The molecule has 0 aliphatic carbocycles. The normalized spacial score (nSPS) is 11.1. The molecule has 0 saturated heterocycles. The van der Waals surface area contributed by atoms with E-state index in [4.69, 9.17) is 16.3 Å². The molecule has 2 heterocycles. The molecular formula is C22H20ClFN4O. The fraction of sp³-hybridized carbons (Fsp3) is 0.182. The van der Waals surface area contributed by atoms with Gasteiger partial charge in [0.15, 0.2) is 5.65 Å². The maximum atomic E-state index is 13.4. The van der Waals surface area contributed by atoms with Gasteiger partial charge in [0, 0.05) is 17.1 Å². The Morgan fingerprint density at radius 2 is 1.76 bits per heavy atom. The average molecular weight is 411 g/mol. The van der Waals surface area contributed by atoms with Crippen LogP contribution in [0.25, 0.3) is 16.7 Å². The number of ether oxygens (including phenoxy) is 1. The van der Waals surface area contributed by atoms with Crippen LogP contribution in [-0.4, -0.2) is 21.6 Å². The minimum Gasteiger partial charge on any atom is -0.495 e. The van der Waals surface area contributed by atoms with Crippen molar-refractivity contribution >= 4 is 34.1 Å². The Labute approximate surface area is 173 Å². The molecule has 2 aromatic heterocycles. The van der Waals surface area contributed by atoms with E-state index >= 15 is 0 Å². The lowest BCUT2D eigenvalue weighted by Crippen LogP contribution is -2.02. The summed E-state index contributed by atoms with van der Waals surface area (Å²) in [6, 6.07) is 11.9. The molecule has 4 rings (SSSR count). The molecule has 0 saturated carbocycles. The van der Waals surface area contributed by atoms with Gasteiger partial charge in [-0.05, 0) is 68.8 Å². The van der Waals surface area contributed by atoms with E-state index in [1.54, 1.807) is 31.4 Å². The zero-order chi connectivity index (χ0) is 20.7. The summed E-state index contributed by atoms with van der Waals surface area (Å²) in [6.07, 6.45) is 0. The van der Waals surface area contributed by atoms with Crippen LogP contribution in [0.2, 0.25) is 5.02 Å². The molecule has 0 aliphatic heterocycles. The highest BCUT2D eigenvalue weighted by Crippen LogP contribution is 2.34. The van der Waals surface area contributed by atoms with Gasteiger partial charge in [0.25, 0.3) is 0 Å². The summed E-state index contributed by atoms with van der Waals surface area (Å²) < 4.78 is 20.7. The summed E-state index contributed by atoms with van der Waals surface area (Å²) >= 11 is 6.27. The molecule has 0 spiro atoms. The van der Waals surface area contributed by atoms with Crippen molar-refractivity contribution in [1.29, 1.82) is 0 Å². The molecule has 5 nitrogen and oxygen atoms in total. The topological polar surface area (TPSA) is 52.0 Å². The predicted molar refractivity (Wildman–Crippen MR) is 114 cm³/mol. The first-order chi connectivity index (χ1) is 13.9. The second-order valence-corrected chi connectivity index (χ2v) is 7.22. The summed E-state index contributed by atoms with van der Waals surface area (Å²) in [7, 11) is 1.58. The number of rotatable bonds is 4. The molecule has 0 radical (unpaired) electrons. The first kappa shape index (κ1) is 19.2. The van der Waals surface area contributed by atoms with E-state index in [0.717, 1.165) is 33.7 Å². The van der Waals surface area contributed by atoms with Gasteiger partial charge in [0.2, 0.25) is 0 Å². The van der Waals surface area contributed by atoms with Crippen LogP contribution in [0.15, 0.2) is 42.5 Å². The minimum atomic E-state index is -0.274. The highest BCUT2D eigenvalue weighted by molar-refractivity contribution is 6.32. The van der Waals surface area contributed by atoms with Gasteiger partial charge < -0.3 is 10.1 Å². The lowest BCUT2D eigenvalue weighted by Gasteiger charge is -2.11. The molecule has 4 aromatic rings. The summed E-state index contributed by atoms with van der Waals surface area (Å²) in [6.45, 7) is 5.89. The van der Waals surface area contributed by atoms with Gasteiger partial charge in [-0.2, -0.15) is 0 Å². The largest absolute Gasteiger partial charge is 0.495 e. The summed E-state index contributed by atoms with van der Waals surface area (Å²) in [5, 5.41) is 4.77. The van der Waals surface area contributed by atoms with Crippen LogP contribution < -0.4 is 10.1 Å². The third kappa shape index (κ3) is 3.40. The van der Waals surface area contributed by atoms with Gasteiger partial charge in [0.05, 0.1) is 17.5 Å². The Hall–Kier alpha value is -3.12. The van der Waals surface area contributed by atoms with Crippen LogP contribution >= 0.6 is 11.6 Å². The molecule has 0 fully saturated rings. The quantitative estimate of drug-likeness (QED) is 0.455. The van der Waals surface area contributed by atoms with Crippen LogP contribution in [0.1, 0.15) is 17.1 Å². The number of nitrogens with zero attached hydrogens (tertiary/aromatic N) is 3. The van der Waals surface area contributed by atoms with Crippen molar-refractivity contribution in [3.8, 4) is 11.4 Å². The van der Waals surface area contributed by atoms with Crippen molar-refractivity contribution in [3.05, 3.63) is 70.4 Å². The highest BCUT2D eigenvalue weighted by Gasteiger charge is 2.19. The van der Waals surface area contributed by atoms with Crippen molar-refractivity contribution in [2.45, 2.75) is 20.8 Å². The Kier molecular flexibility index (Phi) is 4.88. The third-order valence-electron chi connectivity index (χ3n) is 4.97. The first-order valence-corrected chi connectivity index (χ1v) is 9.49. The number of aryl methyl sites for hydroxylation is 2. The SMILES string of the molecule is COc1ccc(Nc2nc(C)nc3c2c(C)c(C)n3-c2ccc(F)cc2)cc1Cl. The van der Waals surface area contributed by atoms with Gasteiger partial charge in [-0.1, -0.05) is 11.6 Å². The van der Waals surface area contributed by atoms with Crippen molar-refractivity contribution in [2.24, 2.45) is 0 Å². The van der Waals surface area contributed by atoms with Gasteiger partial charge in [-0.25, -0.2) is 14.4 Å². The Morgan fingerprint density at radius 3 is 2.41 bits per heavy atom. The van der Waals surface area contributed by atoms with Crippen LogP contribution in [0.5, 0.6) is 5.75 Å². The smallest absolute Gasteiger partial charge is 0.150 e. The second-order valence-electron chi connectivity index (χ2n) is 6.81. The molecule has 0 unspecified atom stereocenters. The molecule has 29 heavy (non-hydrogen) atoms. The first-order valence-electron chi connectivity index (χ1n) is 9.11. The van der Waals surface area contributed by atoms with Gasteiger partial charge in [0.1, 0.15) is 23.2 Å². The van der Waals surface area contributed by atoms with E-state index in [0.29, 0.717) is 22.4 Å². The molecule has 148 valence electrons. The van der Waals surface area contributed by atoms with Crippen LogP contribution in [0, 0.1) is 26.6 Å². The predicted octanol–water partition coefficient (Wildman–Crippen LogP) is 5.89. The zero-order valence-corrected chi connectivity index (χ0v) is 17.3. The number of halogens is 2. The molecule has 0 aliphatic rings. The van der Waals surface area contributed by atoms with Gasteiger partial charge in [-0.15, -0.1) is 0 Å². The number of hydrogen-bond acceptors (Lipinski definition) is 4. The van der Waals surface area contributed by atoms with Crippen molar-refractivity contribution in [2.75, 3.05) is 12.4 Å². The van der Waals surface area contributed by atoms with Crippen molar-refractivity contribution in [3.63, 3.8) is 0 Å². The summed E-state index contributed by atoms with van der Waals surface area (Å²) in [4.78, 5) is 9.30. The number of fused-ring (bicyclic) bond motifs is 1. The van der Waals surface area contributed by atoms with E-state index in [1.807, 2.05) is 31.4 Å². The number of nitrogens with one attached hydrogen (secondary N) is 1. The minimum absolute atomic E-state index is 0.274. The van der Waals surface area contributed by atoms with Crippen LogP contribution in [-0.2, 0) is 0 Å². The molecular weight excluding hydrogens is 391 g/mol. The lowest BCUT2D eigenvalue weighted by molar-refractivity contribution is 0.415. The maximum Gasteiger partial charge on any atom is 0.150 e. The van der Waals surface area contributed by atoms with Crippen molar-refractivity contribution < 1.29 is 9.13 Å². The van der Waals surface area contributed by atoms with E-state index in [9.17, 15) is 4.39 Å². The lowest BCUT2D eigenvalue weighted by atomic mass is 10.2. The Bertz CT molecular complexity index is 1220. The second kappa shape index (κ2) is 7.37. The fourth-order valence-electron chi connectivity index (χ4n) is 3.45. The van der Waals surface area contributed by atoms with E-state index in [1.165, 1.54) is 12.1 Å². The Morgan fingerprint density at radius 1 is 1.03 bits per heavy atom. The van der Waals surface area contributed by atoms with Gasteiger partial charge in [-0.3, -0.25) is 4.57 Å². The van der Waals surface area contributed by atoms with Crippen LogP contribution in [0.4, 0.5) is 15.9 Å². The molecule has 0 bridgehead atoms. The zero-order valence-electron chi connectivity index (χ0n) is 16.5.